The Labute approximate surface area is 179 Å². The first kappa shape index (κ1) is 20.1. The summed E-state index contributed by atoms with van der Waals surface area (Å²) in [5, 5.41) is 3.59. The van der Waals surface area contributed by atoms with Crippen LogP contribution in [0.5, 0.6) is 5.88 Å². The molecule has 4 rings (SSSR count). The van der Waals surface area contributed by atoms with Crippen molar-refractivity contribution < 1.29 is 9.53 Å². The number of nitrogens with one attached hydrogen (secondary N) is 2. The molecular formula is C21H22N6O2S. The van der Waals surface area contributed by atoms with Gasteiger partial charge in [-0.3, -0.25) is 19.7 Å². The summed E-state index contributed by atoms with van der Waals surface area (Å²) in [5.74, 6) is 0.231. The van der Waals surface area contributed by atoms with E-state index in [1.165, 1.54) is 19.0 Å². The molecule has 1 aliphatic rings. The maximum atomic E-state index is 12.5. The largest absolute Gasteiger partial charge is 0.477 e. The SMILES string of the molecule is CCOc1cncc(-c2ccc(C(=O)NCc3cc(NSC4CC4)ccn3)cn2)n1. The quantitative estimate of drug-likeness (QED) is 0.505. The average Bonchev–Trinajstić information content (AvgIpc) is 3.62. The molecule has 0 bridgehead atoms. The summed E-state index contributed by atoms with van der Waals surface area (Å²) in [5.41, 5.74) is 3.45. The van der Waals surface area contributed by atoms with Crippen molar-refractivity contribution >= 4 is 23.5 Å². The maximum Gasteiger partial charge on any atom is 0.253 e. The van der Waals surface area contributed by atoms with Gasteiger partial charge < -0.3 is 14.8 Å². The Kier molecular flexibility index (Phi) is 6.38. The van der Waals surface area contributed by atoms with Crippen LogP contribution in [0.15, 0.2) is 49.1 Å². The summed E-state index contributed by atoms with van der Waals surface area (Å²) in [6.45, 7) is 2.74. The summed E-state index contributed by atoms with van der Waals surface area (Å²) in [7, 11) is 0. The predicted octanol–water partition coefficient (Wildman–Crippen LogP) is 3.48. The van der Waals surface area contributed by atoms with E-state index in [-0.39, 0.29) is 5.91 Å². The first-order chi connectivity index (χ1) is 14.7. The maximum absolute atomic E-state index is 12.5. The second-order valence-electron chi connectivity index (χ2n) is 6.75. The predicted molar refractivity (Wildman–Crippen MR) is 116 cm³/mol. The molecule has 3 heterocycles. The van der Waals surface area contributed by atoms with Gasteiger partial charge in [0.2, 0.25) is 5.88 Å². The summed E-state index contributed by atoms with van der Waals surface area (Å²) < 4.78 is 8.70. The number of anilines is 1. The Hall–Kier alpha value is -3.20. The molecule has 0 atom stereocenters. The van der Waals surface area contributed by atoms with Crippen LogP contribution in [0, 0.1) is 0 Å². The summed E-state index contributed by atoms with van der Waals surface area (Å²) in [6.07, 6.45) is 8.96. The normalized spacial score (nSPS) is 13.0. The molecule has 1 aliphatic carbocycles. The number of ether oxygens (including phenoxy) is 1. The van der Waals surface area contributed by atoms with Crippen molar-refractivity contribution in [2.45, 2.75) is 31.6 Å². The third-order valence-electron chi connectivity index (χ3n) is 4.31. The lowest BCUT2D eigenvalue weighted by molar-refractivity contribution is 0.0950. The molecule has 0 spiro atoms. The zero-order valence-corrected chi connectivity index (χ0v) is 17.4. The second kappa shape index (κ2) is 9.53. The van der Waals surface area contributed by atoms with Crippen LogP contribution < -0.4 is 14.8 Å². The Morgan fingerprint density at radius 2 is 2.07 bits per heavy atom. The van der Waals surface area contributed by atoms with E-state index in [1.54, 1.807) is 42.7 Å². The van der Waals surface area contributed by atoms with Gasteiger partial charge in [-0.2, -0.15) is 0 Å². The molecular weight excluding hydrogens is 400 g/mol. The first-order valence-corrected chi connectivity index (χ1v) is 10.7. The minimum atomic E-state index is -0.212. The van der Waals surface area contributed by atoms with Crippen molar-refractivity contribution in [1.82, 2.24) is 25.3 Å². The molecule has 0 unspecified atom stereocenters. The number of hydrogen-bond acceptors (Lipinski definition) is 8. The zero-order chi connectivity index (χ0) is 20.8. The number of aromatic nitrogens is 4. The fourth-order valence-corrected chi connectivity index (χ4v) is 3.42. The molecule has 0 saturated heterocycles. The van der Waals surface area contributed by atoms with Gasteiger partial charge in [0, 0.05) is 23.3 Å². The number of nitrogens with zero attached hydrogens (tertiary/aromatic N) is 4. The molecule has 0 aromatic carbocycles. The average molecular weight is 423 g/mol. The highest BCUT2D eigenvalue weighted by molar-refractivity contribution is 8.01. The van der Waals surface area contributed by atoms with Crippen molar-refractivity contribution in [2.75, 3.05) is 11.3 Å². The standard InChI is InChI=1S/C21H22N6O2S/c1-2-29-20-13-22-12-19(26-20)18-6-3-14(10-24-18)21(28)25-11-16-9-15(7-8-23-16)27-30-17-4-5-17/h3,6-10,12-13,17H,2,4-5,11H2,1H3,(H,23,27)(H,25,28). The highest BCUT2D eigenvalue weighted by Gasteiger charge is 2.22. The monoisotopic (exact) mass is 422 g/mol. The fourth-order valence-electron chi connectivity index (χ4n) is 2.62. The van der Waals surface area contributed by atoms with Crippen LogP contribution in [0.4, 0.5) is 5.69 Å². The molecule has 154 valence electrons. The van der Waals surface area contributed by atoms with Crippen LogP contribution in [0.1, 0.15) is 35.8 Å². The van der Waals surface area contributed by atoms with Gasteiger partial charge in [-0.05, 0) is 56.0 Å². The molecule has 3 aromatic heterocycles. The molecule has 8 nitrogen and oxygen atoms in total. The van der Waals surface area contributed by atoms with Gasteiger partial charge in [-0.25, -0.2) is 4.98 Å². The van der Waals surface area contributed by atoms with Crippen molar-refractivity contribution in [3.8, 4) is 17.3 Å². The lowest BCUT2D eigenvalue weighted by atomic mass is 10.2. The van der Waals surface area contributed by atoms with Crippen LogP contribution >= 0.6 is 11.9 Å². The summed E-state index contributed by atoms with van der Waals surface area (Å²) >= 11 is 1.74. The Morgan fingerprint density at radius 1 is 1.17 bits per heavy atom. The number of hydrogen-bond donors (Lipinski definition) is 2. The lowest BCUT2D eigenvalue weighted by Crippen LogP contribution is -2.23. The highest BCUT2D eigenvalue weighted by Crippen LogP contribution is 2.34. The molecule has 1 amide bonds. The third-order valence-corrected chi connectivity index (χ3v) is 5.47. The van der Waals surface area contributed by atoms with Gasteiger partial charge in [0.25, 0.3) is 5.91 Å². The second-order valence-corrected chi connectivity index (χ2v) is 7.85. The number of rotatable bonds is 9. The molecule has 9 heteroatoms. The van der Waals surface area contributed by atoms with E-state index in [0.717, 1.165) is 11.4 Å². The number of carbonyl (C=O) groups is 1. The number of carbonyl (C=O) groups excluding carboxylic acids is 1. The highest BCUT2D eigenvalue weighted by atomic mass is 32.2. The fraction of sp³-hybridized carbons (Fsp3) is 0.286. The zero-order valence-electron chi connectivity index (χ0n) is 16.5. The first-order valence-electron chi connectivity index (χ1n) is 9.77. The van der Waals surface area contributed by atoms with Gasteiger partial charge in [-0.15, -0.1) is 0 Å². The molecule has 0 radical (unpaired) electrons. The van der Waals surface area contributed by atoms with E-state index in [9.17, 15) is 4.79 Å². The summed E-state index contributed by atoms with van der Waals surface area (Å²) in [6, 6.07) is 7.32. The van der Waals surface area contributed by atoms with E-state index in [4.69, 9.17) is 4.74 Å². The molecule has 30 heavy (non-hydrogen) atoms. The van der Waals surface area contributed by atoms with Gasteiger partial charge >= 0.3 is 0 Å². The number of pyridine rings is 2. The molecule has 1 fully saturated rings. The van der Waals surface area contributed by atoms with Crippen molar-refractivity contribution in [1.29, 1.82) is 0 Å². The number of amides is 1. The lowest BCUT2D eigenvalue weighted by Gasteiger charge is -2.08. The van der Waals surface area contributed by atoms with Gasteiger partial charge in [-0.1, -0.05) is 0 Å². The Morgan fingerprint density at radius 3 is 2.83 bits per heavy atom. The third kappa shape index (κ3) is 5.44. The minimum Gasteiger partial charge on any atom is -0.477 e. The molecule has 0 aliphatic heterocycles. The van der Waals surface area contributed by atoms with E-state index < -0.39 is 0 Å². The topological polar surface area (TPSA) is 102 Å². The molecule has 1 saturated carbocycles. The van der Waals surface area contributed by atoms with Gasteiger partial charge in [0.1, 0.15) is 5.69 Å². The smallest absolute Gasteiger partial charge is 0.253 e. The van der Waals surface area contributed by atoms with Crippen LogP contribution in [-0.2, 0) is 6.54 Å². The Balaban J connectivity index is 1.34. The van der Waals surface area contributed by atoms with Crippen LogP contribution in [-0.4, -0.2) is 37.7 Å². The van der Waals surface area contributed by atoms with Crippen molar-refractivity contribution in [2.24, 2.45) is 0 Å². The van der Waals surface area contributed by atoms with Crippen molar-refractivity contribution in [3.05, 3.63) is 60.3 Å². The molecule has 2 N–H and O–H groups in total. The van der Waals surface area contributed by atoms with Crippen molar-refractivity contribution in [3.63, 3.8) is 0 Å². The van der Waals surface area contributed by atoms with Crippen LogP contribution in [0.3, 0.4) is 0 Å². The van der Waals surface area contributed by atoms with Crippen LogP contribution in [0.2, 0.25) is 0 Å². The van der Waals surface area contributed by atoms with Gasteiger partial charge in [0.05, 0.1) is 42.5 Å². The molecule has 3 aromatic rings. The minimum absolute atomic E-state index is 0.212. The van der Waals surface area contributed by atoms with E-state index in [2.05, 4.69) is 30.0 Å². The van der Waals surface area contributed by atoms with Crippen LogP contribution in [0.25, 0.3) is 11.4 Å². The van der Waals surface area contributed by atoms with E-state index in [1.807, 2.05) is 19.1 Å². The van der Waals surface area contributed by atoms with Gasteiger partial charge in [0.15, 0.2) is 0 Å². The Bertz CT molecular complexity index is 1010. The summed E-state index contributed by atoms with van der Waals surface area (Å²) in [4.78, 5) is 29.6. The van der Waals surface area contributed by atoms with E-state index in [0.29, 0.717) is 41.2 Å². The van der Waals surface area contributed by atoms with E-state index >= 15 is 0 Å².